The molecule has 0 radical (unpaired) electrons. The summed E-state index contributed by atoms with van der Waals surface area (Å²) < 4.78 is 21.4. The highest BCUT2D eigenvalue weighted by molar-refractivity contribution is 5.67. The van der Waals surface area contributed by atoms with E-state index in [1.54, 1.807) is 31.4 Å². The van der Waals surface area contributed by atoms with Crippen LogP contribution in [0.25, 0.3) is 0 Å². The summed E-state index contributed by atoms with van der Waals surface area (Å²) in [6.45, 7) is 5.94. The number of hydrogen-bond acceptors (Lipinski definition) is 8. The number of fused-ring (bicyclic) bond motifs is 2. The molecule has 3 atom stereocenters. The average molecular weight is 447 g/mol. The second-order valence-electron chi connectivity index (χ2n) is 8.23. The highest BCUT2D eigenvalue weighted by Crippen LogP contribution is 2.30. The monoisotopic (exact) mass is 446 g/mol. The lowest BCUT2D eigenvalue weighted by Gasteiger charge is -2.42. The number of carbonyl (C=O) groups is 1. The van der Waals surface area contributed by atoms with E-state index in [1.807, 2.05) is 0 Å². The average Bonchev–Trinajstić information content (AvgIpc) is 3.04. The van der Waals surface area contributed by atoms with Crippen molar-refractivity contribution in [2.24, 2.45) is 0 Å². The van der Waals surface area contributed by atoms with Gasteiger partial charge in [-0.3, -0.25) is 9.80 Å². The number of nitriles is 1. The van der Waals surface area contributed by atoms with Gasteiger partial charge in [-0.2, -0.15) is 5.26 Å². The Hall–Kier alpha value is -2.38. The molecule has 2 heterocycles. The molecule has 2 unspecified atom stereocenters. The Labute approximate surface area is 190 Å². The Balaban J connectivity index is 1.51. The molecule has 32 heavy (non-hydrogen) atoms. The fraction of sp³-hybridized carbons (Fsp3) is 0.652. The summed E-state index contributed by atoms with van der Waals surface area (Å²) in [5.41, 5.74) is 0.583. The molecule has 1 amide bonds. The predicted octanol–water partition coefficient (Wildman–Crippen LogP) is 1.47. The largest absolute Gasteiger partial charge is 0.491 e. The van der Waals surface area contributed by atoms with Crippen LogP contribution in [0.1, 0.15) is 18.4 Å². The quantitative estimate of drug-likeness (QED) is 0.482. The number of piperazine rings is 1. The summed E-state index contributed by atoms with van der Waals surface area (Å²) in [7, 11) is 3.04. The van der Waals surface area contributed by atoms with Gasteiger partial charge in [0.05, 0.1) is 44.6 Å². The minimum absolute atomic E-state index is 0.204. The van der Waals surface area contributed by atoms with Crippen molar-refractivity contribution in [2.45, 2.75) is 31.0 Å². The van der Waals surface area contributed by atoms with E-state index in [4.69, 9.17) is 24.2 Å². The number of ether oxygens (including phenoxy) is 4. The molecule has 0 aliphatic carbocycles. The summed E-state index contributed by atoms with van der Waals surface area (Å²) in [6.07, 6.45) is 1.86. The number of methoxy groups -OCH3 is 2. The number of benzene rings is 1. The maximum Gasteiger partial charge on any atom is 0.407 e. The Morgan fingerprint density at radius 1 is 1.16 bits per heavy atom. The van der Waals surface area contributed by atoms with Crippen molar-refractivity contribution in [2.75, 3.05) is 66.8 Å². The van der Waals surface area contributed by atoms with Crippen molar-refractivity contribution < 1.29 is 23.7 Å². The summed E-state index contributed by atoms with van der Waals surface area (Å²) in [5.74, 6) is 0.668. The first kappa shape index (κ1) is 24.3. The molecule has 2 aliphatic heterocycles. The molecule has 3 rings (SSSR count). The molecule has 1 aromatic carbocycles. The van der Waals surface area contributed by atoms with E-state index in [2.05, 4.69) is 21.2 Å². The fourth-order valence-corrected chi connectivity index (χ4v) is 4.44. The summed E-state index contributed by atoms with van der Waals surface area (Å²) >= 11 is 0. The summed E-state index contributed by atoms with van der Waals surface area (Å²) in [4.78, 5) is 16.9. The van der Waals surface area contributed by atoms with Crippen LogP contribution in [-0.4, -0.2) is 101 Å². The van der Waals surface area contributed by atoms with E-state index in [0.29, 0.717) is 56.4 Å². The zero-order valence-electron chi connectivity index (χ0n) is 19.0. The van der Waals surface area contributed by atoms with E-state index in [-0.39, 0.29) is 6.04 Å². The van der Waals surface area contributed by atoms with E-state index in [0.717, 1.165) is 32.5 Å². The minimum Gasteiger partial charge on any atom is -0.491 e. The zero-order chi connectivity index (χ0) is 22.8. The third-order valence-electron chi connectivity index (χ3n) is 6.07. The van der Waals surface area contributed by atoms with Gasteiger partial charge in [0.2, 0.25) is 0 Å². The van der Waals surface area contributed by atoms with Gasteiger partial charge in [-0.05, 0) is 37.1 Å². The van der Waals surface area contributed by atoms with Crippen LogP contribution in [-0.2, 0) is 14.2 Å². The predicted molar refractivity (Wildman–Crippen MR) is 119 cm³/mol. The van der Waals surface area contributed by atoms with Crippen molar-refractivity contribution in [3.8, 4) is 11.8 Å². The van der Waals surface area contributed by atoms with E-state index in [9.17, 15) is 4.79 Å². The van der Waals surface area contributed by atoms with Crippen molar-refractivity contribution >= 4 is 6.09 Å². The number of amides is 1. The van der Waals surface area contributed by atoms with E-state index < -0.39 is 6.09 Å². The van der Waals surface area contributed by atoms with Crippen LogP contribution in [0.3, 0.4) is 0 Å². The standard InChI is InChI=1S/C23H34N4O5/c1-29-11-12-31-10-9-26-15-20-5-6-21(16-26)27(20)14-19(25-23(28)30-2)17-32-22-7-3-18(13-24)4-8-22/h3-4,7-8,19-21H,5-6,9-12,14-17H2,1-2H3,(H,25,28)/t19-,20?,21?/m0/s1. The van der Waals surface area contributed by atoms with Gasteiger partial charge in [0.1, 0.15) is 12.4 Å². The molecule has 9 nitrogen and oxygen atoms in total. The second kappa shape index (κ2) is 12.6. The van der Waals surface area contributed by atoms with E-state index in [1.165, 1.54) is 7.11 Å². The molecule has 2 saturated heterocycles. The molecule has 1 N–H and O–H groups in total. The first-order valence-corrected chi connectivity index (χ1v) is 11.1. The third kappa shape index (κ3) is 7.07. The maximum absolute atomic E-state index is 11.9. The highest BCUT2D eigenvalue weighted by Gasteiger charge is 2.40. The van der Waals surface area contributed by atoms with Crippen molar-refractivity contribution in [3.63, 3.8) is 0 Å². The molecule has 2 bridgehead atoms. The van der Waals surface area contributed by atoms with Gasteiger partial charge >= 0.3 is 6.09 Å². The number of likely N-dealkylation sites (tertiary alicyclic amines) is 1. The molecule has 176 valence electrons. The number of nitrogens with one attached hydrogen (secondary N) is 1. The molecule has 1 aromatic rings. The normalized spacial score (nSPS) is 21.7. The number of rotatable bonds is 12. The number of carbonyl (C=O) groups excluding carboxylic acids is 1. The maximum atomic E-state index is 11.9. The van der Waals surface area contributed by atoms with Crippen molar-refractivity contribution in [3.05, 3.63) is 29.8 Å². The molecular formula is C23H34N4O5. The Bertz CT molecular complexity index is 740. The minimum atomic E-state index is -0.461. The first-order valence-electron chi connectivity index (χ1n) is 11.1. The van der Waals surface area contributed by atoms with Crippen LogP contribution in [0.15, 0.2) is 24.3 Å². The Morgan fingerprint density at radius 2 is 1.88 bits per heavy atom. The molecule has 2 aliphatic rings. The third-order valence-corrected chi connectivity index (χ3v) is 6.07. The van der Waals surface area contributed by atoms with Gasteiger partial charge < -0.3 is 24.3 Å². The number of hydrogen-bond donors (Lipinski definition) is 1. The smallest absolute Gasteiger partial charge is 0.407 e. The van der Waals surface area contributed by atoms with Crippen molar-refractivity contribution in [1.29, 1.82) is 5.26 Å². The first-order chi connectivity index (χ1) is 15.6. The van der Waals surface area contributed by atoms with Gasteiger partial charge in [0, 0.05) is 45.4 Å². The molecule has 2 fully saturated rings. The second-order valence-corrected chi connectivity index (χ2v) is 8.23. The van der Waals surface area contributed by atoms with Gasteiger partial charge in [-0.15, -0.1) is 0 Å². The lowest BCUT2D eigenvalue weighted by atomic mass is 10.1. The molecule has 0 aromatic heterocycles. The van der Waals surface area contributed by atoms with Crippen LogP contribution in [0, 0.1) is 11.3 Å². The topological polar surface area (TPSA) is 96.3 Å². The SMILES string of the molecule is COCCOCCN1CC2CCC(C1)N2C[C@@H](COc1ccc(C#N)cc1)NC(=O)OC. The molecule has 0 spiro atoms. The van der Waals surface area contributed by atoms with Gasteiger partial charge in [-0.1, -0.05) is 0 Å². The number of nitrogens with zero attached hydrogens (tertiary/aromatic N) is 3. The van der Waals surface area contributed by atoms with Crippen LogP contribution in [0.5, 0.6) is 5.75 Å². The highest BCUT2D eigenvalue weighted by atomic mass is 16.5. The molecule has 0 saturated carbocycles. The molecule has 9 heteroatoms. The van der Waals surface area contributed by atoms with Crippen molar-refractivity contribution in [1.82, 2.24) is 15.1 Å². The van der Waals surface area contributed by atoms with Gasteiger partial charge in [-0.25, -0.2) is 4.79 Å². The lowest BCUT2D eigenvalue weighted by molar-refractivity contribution is 0.0220. The van der Waals surface area contributed by atoms with Crippen LogP contribution in [0.2, 0.25) is 0 Å². The van der Waals surface area contributed by atoms with Gasteiger partial charge in [0.15, 0.2) is 0 Å². The Kier molecular flexibility index (Phi) is 9.56. The Morgan fingerprint density at radius 3 is 2.50 bits per heavy atom. The summed E-state index contributed by atoms with van der Waals surface area (Å²) in [6, 6.07) is 9.79. The molecular weight excluding hydrogens is 412 g/mol. The van der Waals surface area contributed by atoms with Crippen LogP contribution in [0.4, 0.5) is 4.79 Å². The van der Waals surface area contributed by atoms with Gasteiger partial charge in [0.25, 0.3) is 0 Å². The lowest BCUT2D eigenvalue weighted by Crippen LogP contribution is -2.58. The zero-order valence-corrected chi connectivity index (χ0v) is 19.0. The van der Waals surface area contributed by atoms with E-state index >= 15 is 0 Å². The fourth-order valence-electron chi connectivity index (χ4n) is 4.44. The summed E-state index contributed by atoms with van der Waals surface area (Å²) in [5, 5.41) is 11.9. The number of alkyl carbamates (subject to hydrolysis) is 1. The van der Waals surface area contributed by atoms with Crippen LogP contribution < -0.4 is 10.1 Å². The van der Waals surface area contributed by atoms with Crippen LogP contribution >= 0.6 is 0 Å².